The van der Waals surface area contributed by atoms with E-state index in [9.17, 15) is 4.79 Å². The minimum atomic E-state index is -0.600. The van der Waals surface area contributed by atoms with Crippen LogP contribution in [0.1, 0.15) is 27.2 Å². The fourth-order valence-corrected chi connectivity index (χ4v) is 1.90. The van der Waals surface area contributed by atoms with Crippen LogP contribution in [0.5, 0.6) is 0 Å². The van der Waals surface area contributed by atoms with Crippen molar-refractivity contribution in [2.45, 2.75) is 44.9 Å². The molecular formula is C10H17N7O2. The van der Waals surface area contributed by atoms with Crippen LogP contribution >= 0.6 is 0 Å². The maximum absolute atomic E-state index is 12.0. The van der Waals surface area contributed by atoms with E-state index >= 15 is 0 Å². The lowest BCUT2D eigenvalue weighted by Gasteiger charge is -2.27. The van der Waals surface area contributed by atoms with E-state index in [0.717, 1.165) is 0 Å². The highest BCUT2D eigenvalue weighted by atomic mass is 16.6. The molecule has 0 bridgehead atoms. The zero-order chi connectivity index (χ0) is 14.5. The van der Waals surface area contributed by atoms with Crippen molar-refractivity contribution in [3.05, 3.63) is 20.9 Å². The summed E-state index contributed by atoms with van der Waals surface area (Å²) < 4.78 is 5.28. The first-order valence-corrected chi connectivity index (χ1v) is 5.92. The predicted molar refractivity (Wildman–Crippen MR) is 68.3 cm³/mol. The number of ether oxygens (including phenoxy) is 1. The van der Waals surface area contributed by atoms with Gasteiger partial charge >= 0.3 is 6.09 Å². The molecule has 1 amide bonds. The Morgan fingerprint density at radius 2 is 2.11 bits per heavy atom. The average Bonchev–Trinajstić information content (AvgIpc) is 2.68. The Kier molecular flexibility index (Phi) is 4.86. The summed E-state index contributed by atoms with van der Waals surface area (Å²) in [5, 5.41) is 7.08. The van der Waals surface area contributed by atoms with Crippen molar-refractivity contribution in [1.82, 2.24) is 4.90 Å². The van der Waals surface area contributed by atoms with Crippen molar-refractivity contribution in [1.29, 1.82) is 0 Å². The number of hydrogen-bond acceptors (Lipinski definition) is 4. The van der Waals surface area contributed by atoms with E-state index in [1.165, 1.54) is 4.90 Å². The van der Waals surface area contributed by atoms with Gasteiger partial charge in [0.05, 0.1) is 6.04 Å². The van der Waals surface area contributed by atoms with Gasteiger partial charge in [-0.3, -0.25) is 0 Å². The van der Waals surface area contributed by atoms with Crippen molar-refractivity contribution < 1.29 is 9.53 Å². The predicted octanol–water partition coefficient (Wildman–Crippen LogP) is 2.99. The SMILES string of the molecule is CC(C)(C)OC(=O)N1C[C@@H](N=[N+]=[N-])C[C@H]1CN=[N+]=[N-]. The molecule has 1 rings (SSSR count). The molecule has 2 atom stereocenters. The van der Waals surface area contributed by atoms with E-state index in [4.69, 9.17) is 15.8 Å². The summed E-state index contributed by atoms with van der Waals surface area (Å²) in [5.74, 6) is 0. The minimum absolute atomic E-state index is 0.146. The molecule has 1 aliphatic rings. The van der Waals surface area contributed by atoms with E-state index < -0.39 is 11.7 Å². The lowest BCUT2D eigenvalue weighted by atomic mass is 10.2. The largest absolute Gasteiger partial charge is 0.444 e. The molecule has 1 heterocycles. The number of hydrogen-bond donors (Lipinski definition) is 0. The van der Waals surface area contributed by atoms with E-state index in [1.807, 2.05) is 0 Å². The second-order valence-corrected chi connectivity index (χ2v) is 5.29. The Bertz CT molecular complexity index is 432. The Labute approximate surface area is 110 Å². The smallest absolute Gasteiger partial charge is 0.410 e. The summed E-state index contributed by atoms with van der Waals surface area (Å²) in [6.07, 6.45) is -0.0104. The van der Waals surface area contributed by atoms with Gasteiger partial charge in [-0.2, -0.15) is 0 Å². The Hall–Kier alpha value is -2.11. The van der Waals surface area contributed by atoms with Gasteiger partial charge < -0.3 is 9.64 Å². The molecule has 0 unspecified atom stereocenters. The van der Waals surface area contributed by atoms with Gasteiger partial charge in [-0.1, -0.05) is 10.2 Å². The highest BCUT2D eigenvalue weighted by Crippen LogP contribution is 2.23. The van der Waals surface area contributed by atoms with Crippen LogP contribution in [0.2, 0.25) is 0 Å². The van der Waals surface area contributed by atoms with Crippen molar-refractivity contribution in [2.24, 2.45) is 10.2 Å². The van der Waals surface area contributed by atoms with Crippen molar-refractivity contribution in [2.75, 3.05) is 13.1 Å². The maximum atomic E-state index is 12.0. The highest BCUT2D eigenvalue weighted by Gasteiger charge is 2.36. The molecule has 0 N–H and O–H groups in total. The Morgan fingerprint density at radius 3 is 2.63 bits per heavy atom. The van der Waals surface area contributed by atoms with Gasteiger partial charge in [0.15, 0.2) is 0 Å². The normalized spacial score (nSPS) is 22.4. The van der Waals surface area contributed by atoms with E-state index in [1.54, 1.807) is 20.8 Å². The fourth-order valence-electron chi connectivity index (χ4n) is 1.90. The van der Waals surface area contributed by atoms with Crippen molar-refractivity contribution in [3.8, 4) is 0 Å². The summed E-state index contributed by atoms with van der Waals surface area (Å²) in [6.45, 7) is 5.74. The second kappa shape index (κ2) is 6.17. The van der Waals surface area contributed by atoms with Crippen LogP contribution in [0.15, 0.2) is 10.2 Å². The lowest BCUT2D eigenvalue weighted by molar-refractivity contribution is 0.0230. The number of rotatable bonds is 3. The first kappa shape index (κ1) is 14.9. The van der Waals surface area contributed by atoms with Crippen LogP contribution in [-0.4, -0.2) is 41.8 Å². The van der Waals surface area contributed by atoms with E-state index in [2.05, 4.69) is 20.1 Å². The molecule has 0 aromatic heterocycles. The first-order valence-electron chi connectivity index (χ1n) is 5.92. The standard InChI is InChI=1S/C10H17N7O2/c1-10(2,3)19-9(18)17-6-7(14-16-12)4-8(17)5-13-15-11/h7-8H,4-6H2,1-3H3/t7-,8-/m0/s1. The molecule has 0 spiro atoms. The molecule has 1 saturated heterocycles. The first-order chi connectivity index (χ1) is 8.87. The lowest BCUT2D eigenvalue weighted by Crippen LogP contribution is -2.41. The van der Waals surface area contributed by atoms with Crippen molar-refractivity contribution >= 4 is 6.09 Å². The molecule has 104 valence electrons. The quantitative estimate of drug-likeness (QED) is 0.442. The van der Waals surface area contributed by atoms with Crippen LogP contribution in [0.3, 0.4) is 0 Å². The number of amides is 1. The third-order valence-corrected chi connectivity index (χ3v) is 2.59. The highest BCUT2D eigenvalue weighted by molar-refractivity contribution is 5.69. The molecular weight excluding hydrogens is 250 g/mol. The van der Waals surface area contributed by atoms with Gasteiger partial charge in [-0.15, -0.1) is 0 Å². The number of nitrogens with zero attached hydrogens (tertiary/aromatic N) is 7. The molecule has 0 aromatic carbocycles. The molecule has 0 aliphatic carbocycles. The summed E-state index contributed by atoms with van der Waals surface area (Å²) in [4.78, 5) is 18.9. The summed E-state index contributed by atoms with van der Waals surface area (Å²) in [6, 6.07) is -0.599. The summed E-state index contributed by atoms with van der Waals surface area (Å²) in [7, 11) is 0. The van der Waals surface area contributed by atoms with Crippen LogP contribution in [0.25, 0.3) is 20.9 Å². The molecule has 9 heteroatoms. The molecule has 0 aromatic rings. The van der Waals surface area contributed by atoms with Gasteiger partial charge in [-0.25, -0.2) is 4.79 Å². The monoisotopic (exact) mass is 267 g/mol. The average molecular weight is 267 g/mol. The van der Waals surface area contributed by atoms with Crippen LogP contribution < -0.4 is 0 Å². The molecule has 0 radical (unpaired) electrons. The van der Waals surface area contributed by atoms with Gasteiger partial charge in [0.1, 0.15) is 5.60 Å². The van der Waals surface area contributed by atoms with Gasteiger partial charge in [0.2, 0.25) is 0 Å². The maximum Gasteiger partial charge on any atom is 0.410 e. The summed E-state index contributed by atoms with van der Waals surface area (Å²) in [5.41, 5.74) is 16.2. The third kappa shape index (κ3) is 4.57. The van der Waals surface area contributed by atoms with Gasteiger partial charge in [0.25, 0.3) is 0 Å². The number of carbonyl (C=O) groups is 1. The van der Waals surface area contributed by atoms with Crippen LogP contribution in [0, 0.1) is 0 Å². The molecule has 9 nitrogen and oxygen atoms in total. The van der Waals surface area contributed by atoms with Crippen molar-refractivity contribution in [3.63, 3.8) is 0 Å². The Morgan fingerprint density at radius 1 is 1.42 bits per heavy atom. The van der Waals surface area contributed by atoms with E-state index in [0.29, 0.717) is 6.42 Å². The molecule has 1 aliphatic heterocycles. The zero-order valence-corrected chi connectivity index (χ0v) is 11.2. The molecule has 0 saturated carbocycles. The zero-order valence-electron chi connectivity index (χ0n) is 11.2. The van der Waals surface area contributed by atoms with Gasteiger partial charge in [-0.05, 0) is 38.3 Å². The third-order valence-electron chi connectivity index (χ3n) is 2.59. The molecule has 1 fully saturated rings. The van der Waals surface area contributed by atoms with Crippen LogP contribution in [0.4, 0.5) is 4.79 Å². The number of likely N-dealkylation sites (tertiary alicyclic amines) is 1. The minimum Gasteiger partial charge on any atom is -0.444 e. The van der Waals surface area contributed by atoms with Crippen LogP contribution in [-0.2, 0) is 4.74 Å². The summed E-state index contributed by atoms with van der Waals surface area (Å²) >= 11 is 0. The number of azide groups is 2. The fraction of sp³-hybridized carbons (Fsp3) is 0.900. The number of carbonyl (C=O) groups excluding carboxylic acids is 1. The molecule has 19 heavy (non-hydrogen) atoms. The van der Waals surface area contributed by atoms with E-state index in [-0.39, 0.29) is 25.2 Å². The second-order valence-electron chi connectivity index (χ2n) is 5.29. The Balaban J connectivity index is 2.78. The topological polar surface area (TPSA) is 127 Å². The van der Waals surface area contributed by atoms with Gasteiger partial charge in [0, 0.05) is 29.0 Å².